The van der Waals surface area contributed by atoms with Gasteiger partial charge >= 0.3 is 6.18 Å². The molecule has 3 nitrogen and oxygen atoms in total. The van der Waals surface area contributed by atoms with Gasteiger partial charge in [0.15, 0.2) is 0 Å². The first-order chi connectivity index (χ1) is 9.74. The van der Waals surface area contributed by atoms with Crippen LogP contribution >= 0.6 is 0 Å². The van der Waals surface area contributed by atoms with Crippen LogP contribution in [0.4, 0.5) is 18.9 Å². The fourth-order valence-electron chi connectivity index (χ4n) is 1.85. The van der Waals surface area contributed by atoms with Gasteiger partial charge in [0.1, 0.15) is 0 Å². The van der Waals surface area contributed by atoms with Crippen LogP contribution in [0, 0.1) is 6.92 Å². The Morgan fingerprint density at radius 3 is 2.57 bits per heavy atom. The Balaban J connectivity index is 2.86. The lowest BCUT2D eigenvalue weighted by atomic mass is 10.1. The van der Waals surface area contributed by atoms with Crippen LogP contribution in [0.15, 0.2) is 18.2 Å². The van der Waals surface area contributed by atoms with Crippen LogP contribution in [0.5, 0.6) is 0 Å². The summed E-state index contributed by atoms with van der Waals surface area (Å²) >= 11 is 0. The van der Waals surface area contributed by atoms with Gasteiger partial charge < -0.3 is 10.2 Å². The van der Waals surface area contributed by atoms with Gasteiger partial charge in [0, 0.05) is 25.8 Å². The van der Waals surface area contributed by atoms with Crippen molar-refractivity contribution in [1.82, 2.24) is 4.90 Å². The Bertz CT molecular complexity index is 486. The molecule has 118 valence electrons. The molecule has 0 heterocycles. The van der Waals surface area contributed by atoms with E-state index in [4.69, 9.17) is 0 Å². The fraction of sp³-hybridized carbons (Fsp3) is 0.533. The fourth-order valence-corrected chi connectivity index (χ4v) is 1.85. The molecular formula is C15H21F3N2O. The Morgan fingerprint density at radius 2 is 2.00 bits per heavy atom. The maximum Gasteiger partial charge on any atom is 0.390 e. The highest BCUT2D eigenvalue weighted by Gasteiger charge is 2.28. The number of anilines is 1. The molecule has 0 fully saturated rings. The number of halogens is 3. The Hall–Kier alpha value is -1.72. The summed E-state index contributed by atoms with van der Waals surface area (Å²) in [4.78, 5) is 13.4. The quantitative estimate of drug-likeness (QED) is 0.866. The monoisotopic (exact) mass is 302 g/mol. The highest BCUT2D eigenvalue weighted by atomic mass is 19.4. The number of amides is 1. The smallest absolute Gasteiger partial charge is 0.384 e. The third-order valence-corrected chi connectivity index (χ3v) is 3.05. The van der Waals surface area contributed by atoms with Crippen molar-refractivity contribution in [3.05, 3.63) is 29.3 Å². The molecule has 0 aromatic heterocycles. The summed E-state index contributed by atoms with van der Waals surface area (Å²) in [6.07, 6.45) is -4.37. The zero-order valence-corrected chi connectivity index (χ0v) is 12.5. The normalized spacial score (nSPS) is 11.3. The Labute approximate surface area is 123 Å². The molecule has 1 rings (SSSR count). The molecule has 1 aromatic rings. The second kappa shape index (κ2) is 7.33. The first kappa shape index (κ1) is 17.3. The zero-order valence-electron chi connectivity index (χ0n) is 12.5. The van der Waals surface area contributed by atoms with E-state index in [1.807, 2.05) is 19.9 Å². The standard InChI is InChI=1S/C15H21F3N2O/c1-4-8-19-13-6-5-11(2)10-12(13)14(21)20(3)9-7-15(16,17)18/h5-6,10,19H,4,7-9H2,1-3H3. The predicted molar refractivity (Wildman–Crippen MR) is 77.6 cm³/mol. The number of benzene rings is 1. The lowest BCUT2D eigenvalue weighted by Crippen LogP contribution is -2.31. The number of nitrogens with zero attached hydrogens (tertiary/aromatic N) is 1. The van der Waals surface area contributed by atoms with Crippen LogP contribution in [-0.4, -0.2) is 37.1 Å². The van der Waals surface area contributed by atoms with Gasteiger partial charge in [-0.15, -0.1) is 0 Å². The van der Waals surface area contributed by atoms with Crippen molar-refractivity contribution in [2.45, 2.75) is 32.9 Å². The Morgan fingerprint density at radius 1 is 1.33 bits per heavy atom. The summed E-state index contributed by atoms with van der Waals surface area (Å²) in [6.45, 7) is 4.20. The van der Waals surface area contributed by atoms with E-state index in [1.54, 1.807) is 12.1 Å². The van der Waals surface area contributed by atoms with Crippen LogP contribution in [0.2, 0.25) is 0 Å². The molecule has 0 aliphatic heterocycles. The molecule has 0 bridgehead atoms. The van der Waals surface area contributed by atoms with E-state index in [9.17, 15) is 18.0 Å². The van der Waals surface area contributed by atoms with Crippen molar-refractivity contribution in [3.63, 3.8) is 0 Å². The van der Waals surface area contributed by atoms with Gasteiger partial charge in [-0.3, -0.25) is 4.79 Å². The lowest BCUT2D eigenvalue weighted by Gasteiger charge is -2.20. The SMILES string of the molecule is CCCNc1ccc(C)cc1C(=O)N(C)CCC(F)(F)F. The van der Waals surface area contributed by atoms with Gasteiger partial charge in [-0.25, -0.2) is 0 Å². The molecule has 0 saturated heterocycles. The number of carbonyl (C=O) groups excluding carboxylic acids is 1. The van der Waals surface area contributed by atoms with Gasteiger partial charge in [0.25, 0.3) is 5.91 Å². The molecule has 1 amide bonds. The topological polar surface area (TPSA) is 32.3 Å². The van der Waals surface area contributed by atoms with E-state index in [1.165, 1.54) is 7.05 Å². The van der Waals surface area contributed by atoms with Crippen molar-refractivity contribution in [1.29, 1.82) is 0 Å². The summed E-state index contributed by atoms with van der Waals surface area (Å²) in [6, 6.07) is 5.35. The van der Waals surface area contributed by atoms with Crippen LogP contribution < -0.4 is 5.32 Å². The van der Waals surface area contributed by atoms with Gasteiger partial charge in [0.05, 0.1) is 12.0 Å². The molecule has 0 spiro atoms. The molecule has 0 radical (unpaired) electrons. The number of hydrogen-bond donors (Lipinski definition) is 1. The van der Waals surface area contributed by atoms with Gasteiger partial charge in [-0.05, 0) is 25.5 Å². The summed E-state index contributed by atoms with van der Waals surface area (Å²) in [7, 11) is 1.39. The number of rotatable bonds is 6. The third kappa shape index (κ3) is 5.65. The van der Waals surface area contributed by atoms with Crippen molar-refractivity contribution in [3.8, 4) is 0 Å². The second-order valence-corrected chi connectivity index (χ2v) is 5.07. The van der Waals surface area contributed by atoms with E-state index in [0.29, 0.717) is 17.8 Å². The molecular weight excluding hydrogens is 281 g/mol. The van der Waals surface area contributed by atoms with Crippen molar-refractivity contribution < 1.29 is 18.0 Å². The average Bonchev–Trinajstić information content (AvgIpc) is 2.41. The largest absolute Gasteiger partial charge is 0.390 e. The van der Waals surface area contributed by atoms with E-state index in [0.717, 1.165) is 16.9 Å². The third-order valence-electron chi connectivity index (χ3n) is 3.05. The number of alkyl halides is 3. The maximum absolute atomic E-state index is 12.3. The minimum absolute atomic E-state index is 0.344. The van der Waals surface area contributed by atoms with Gasteiger partial charge in [-0.2, -0.15) is 13.2 Å². The maximum atomic E-state index is 12.3. The number of aryl methyl sites for hydroxylation is 1. The first-order valence-corrected chi connectivity index (χ1v) is 6.91. The summed E-state index contributed by atoms with van der Waals surface area (Å²) < 4.78 is 36.7. The molecule has 1 aromatic carbocycles. The minimum Gasteiger partial charge on any atom is -0.384 e. The molecule has 0 saturated carbocycles. The summed E-state index contributed by atoms with van der Waals surface area (Å²) in [5.74, 6) is -0.401. The minimum atomic E-state index is -4.26. The number of hydrogen-bond acceptors (Lipinski definition) is 2. The van der Waals surface area contributed by atoms with Crippen LogP contribution in [0.1, 0.15) is 35.7 Å². The molecule has 0 aliphatic carbocycles. The molecule has 6 heteroatoms. The summed E-state index contributed by atoms with van der Waals surface area (Å²) in [5, 5.41) is 3.13. The molecule has 1 N–H and O–H groups in total. The summed E-state index contributed by atoms with van der Waals surface area (Å²) in [5.41, 5.74) is 1.96. The second-order valence-electron chi connectivity index (χ2n) is 5.07. The van der Waals surface area contributed by atoms with Gasteiger partial charge in [-0.1, -0.05) is 18.6 Å². The molecule has 0 unspecified atom stereocenters. The molecule has 0 atom stereocenters. The zero-order chi connectivity index (χ0) is 16.0. The van der Waals surface area contributed by atoms with Crippen molar-refractivity contribution in [2.24, 2.45) is 0 Å². The van der Waals surface area contributed by atoms with Crippen LogP contribution in [-0.2, 0) is 0 Å². The number of carbonyl (C=O) groups is 1. The van der Waals surface area contributed by atoms with Crippen LogP contribution in [0.25, 0.3) is 0 Å². The molecule has 0 aliphatic rings. The van der Waals surface area contributed by atoms with E-state index in [2.05, 4.69) is 5.32 Å². The van der Waals surface area contributed by atoms with Crippen molar-refractivity contribution in [2.75, 3.05) is 25.5 Å². The Kier molecular flexibility index (Phi) is 6.05. The van der Waals surface area contributed by atoms with E-state index < -0.39 is 18.5 Å². The van der Waals surface area contributed by atoms with Crippen molar-refractivity contribution >= 4 is 11.6 Å². The van der Waals surface area contributed by atoms with Crippen LogP contribution in [0.3, 0.4) is 0 Å². The lowest BCUT2D eigenvalue weighted by molar-refractivity contribution is -0.136. The highest BCUT2D eigenvalue weighted by Crippen LogP contribution is 2.22. The van der Waals surface area contributed by atoms with E-state index >= 15 is 0 Å². The average molecular weight is 302 g/mol. The first-order valence-electron chi connectivity index (χ1n) is 6.91. The van der Waals surface area contributed by atoms with Gasteiger partial charge in [0.2, 0.25) is 0 Å². The van der Waals surface area contributed by atoms with E-state index in [-0.39, 0.29) is 6.54 Å². The predicted octanol–water partition coefficient (Wildman–Crippen LogP) is 3.84. The molecule has 21 heavy (non-hydrogen) atoms. The number of nitrogens with one attached hydrogen (secondary N) is 1. The highest BCUT2D eigenvalue weighted by molar-refractivity contribution is 5.99.